The van der Waals surface area contributed by atoms with Gasteiger partial charge in [-0.1, -0.05) is 6.92 Å². The van der Waals surface area contributed by atoms with Crippen molar-refractivity contribution >= 4 is 16.9 Å². The van der Waals surface area contributed by atoms with Crippen LogP contribution in [0.4, 0.5) is 5.82 Å². The van der Waals surface area contributed by atoms with E-state index in [4.69, 9.17) is 9.72 Å². The van der Waals surface area contributed by atoms with Crippen molar-refractivity contribution < 1.29 is 4.74 Å². The molecule has 0 unspecified atom stereocenters. The summed E-state index contributed by atoms with van der Waals surface area (Å²) in [5, 5.41) is 18.0. The minimum absolute atomic E-state index is 0.234. The number of fused-ring (bicyclic) bond motifs is 1. The summed E-state index contributed by atoms with van der Waals surface area (Å²) in [6.07, 6.45) is 2.60. The lowest BCUT2D eigenvalue weighted by Crippen LogP contribution is -2.44. The van der Waals surface area contributed by atoms with Crippen LogP contribution in [0.15, 0.2) is 24.4 Å². The van der Waals surface area contributed by atoms with Crippen molar-refractivity contribution in [2.75, 3.05) is 24.7 Å². The SMILES string of the molecule is CCc1cc2c(C(C)(C)C#N)cc(N3CCOC[C@H]3C)nc2n1-c1ccn[nH]1. The summed E-state index contributed by atoms with van der Waals surface area (Å²) in [5.74, 6) is 1.77. The van der Waals surface area contributed by atoms with Crippen LogP contribution in [0, 0.1) is 11.3 Å². The minimum Gasteiger partial charge on any atom is -0.377 e. The summed E-state index contributed by atoms with van der Waals surface area (Å²) in [6.45, 7) is 10.4. The van der Waals surface area contributed by atoms with E-state index >= 15 is 0 Å². The van der Waals surface area contributed by atoms with Gasteiger partial charge in [-0.15, -0.1) is 0 Å². The summed E-state index contributed by atoms with van der Waals surface area (Å²) in [6, 6.07) is 8.89. The Balaban J connectivity index is 2.02. The molecule has 1 saturated heterocycles. The van der Waals surface area contributed by atoms with E-state index in [-0.39, 0.29) is 6.04 Å². The molecule has 1 atom stereocenters. The standard InChI is InChI=1S/C21H26N6O/c1-5-15-10-16-17(21(3,4)13-22)11-19(26-8-9-28-12-14(26)2)24-20(16)27(15)18-6-7-23-25-18/h6-7,10-11,14H,5,8-9,12H2,1-4H3,(H,23,25)/t14-/m1/s1. The Morgan fingerprint density at radius 3 is 2.86 bits per heavy atom. The molecule has 1 N–H and O–H groups in total. The van der Waals surface area contributed by atoms with E-state index in [1.807, 2.05) is 19.9 Å². The molecular formula is C21H26N6O. The Labute approximate surface area is 164 Å². The number of nitriles is 1. The third-order valence-electron chi connectivity index (χ3n) is 5.54. The number of morpholine rings is 1. The average molecular weight is 378 g/mol. The molecule has 28 heavy (non-hydrogen) atoms. The Kier molecular flexibility index (Phi) is 4.60. The van der Waals surface area contributed by atoms with Gasteiger partial charge in [0.15, 0.2) is 0 Å². The van der Waals surface area contributed by atoms with Gasteiger partial charge in [0.05, 0.1) is 36.9 Å². The van der Waals surface area contributed by atoms with Gasteiger partial charge in [0.25, 0.3) is 0 Å². The topological polar surface area (TPSA) is 82.8 Å². The smallest absolute Gasteiger partial charge is 0.148 e. The maximum Gasteiger partial charge on any atom is 0.148 e. The zero-order chi connectivity index (χ0) is 19.9. The van der Waals surface area contributed by atoms with Crippen molar-refractivity contribution in [3.05, 3.63) is 35.7 Å². The van der Waals surface area contributed by atoms with Crippen LogP contribution in [0.3, 0.4) is 0 Å². The zero-order valence-electron chi connectivity index (χ0n) is 16.9. The Morgan fingerprint density at radius 2 is 2.21 bits per heavy atom. The van der Waals surface area contributed by atoms with Crippen molar-refractivity contribution in [2.24, 2.45) is 0 Å². The summed E-state index contributed by atoms with van der Waals surface area (Å²) in [7, 11) is 0. The molecule has 1 aliphatic heterocycles. The number of anilines is 1. The number of aromatic nitrogens is 4. The van der Waals surface area contributed by atoms with Gasteiger partial charge in [0, 0.05) is 23.7 Å². The molecule has 1 aliphatic rings. The second-order valence-corrected chi connectivity index (χ2v) is 7.89. The number of aromatic amines is 1. The molecule has 4 rings (SSSR count). The number of rotatable bonds is 4. The molecule has 1 fully saturated rings. The Morgan fingerprint density at radius 1 is 1.39 bits per heavy atom. The molecular weight excluding hydrogens is 352 g/mol. The lowest BCUT2D eigenvalue weighted by molar-refractivity contribution is 0.0985. The first-order chi connectivity index (χ1) is 13.5. The fraction of sp³-hybridized carbons (Fsp3) is 0.476. The monoisotopic (exact) mass is 378 g/mol. The third-order valence-corrected chi connectivity index (χ3v) is 5.54. The molecule has 4 heterocycles. The largest absolute Gasteiger partial charge is 0.377 e. The van der Waals surface area contributed by atoms with Gasteiger partial charge >= 0.3 is 0 Å². The van der Waals surface area contributed by atoms with Crippen LogP contribution in [0.25, 0.3) is 16.9 Å². The zero-order valence-corrected chi connectivity index (χ0v) is 16.9. The van der Waals surface area contributed by atoms with Crippen molar-refractivity contribution in [2.45, 2.75) is 45.6 Å². The number of nitrogens with zero attached hydrogens (tertiary/aromatic N) is 5. The number of nitrogens with one attached hydrogen (secondary N) is 1. The average Bonchev–Trinajstić information content (AvgIpc) is 3.34. The lowest BCUT2D eigenvalue weighted by atomic mass is 9.85. The lowest BCUT2D eigenvalue weighted by Gasteiger charge is -2.35. The molecule has 0 radical (unpaired) electrons. The van der Waals surface area contributed by atoms with Gasteiger partial charge in [-0.05, 0) is 44.9 Å². The van der Waals surface area contributed by atoms with Crippen LogP contribution in [-0.2, 0) is 16.6 Å². The van der Waals surface area contributed by atoms with E-state index in [1.165, 1.54) is 0 Å². The molecule has 0 aromatic carbocycles. The summed E-state index contributed by atoms with van der Waals surface area (Å²) < 4.78 is 7.72. The first-order valence-electron chi connectivity index (χ1n) is 9.77. The van der Waals surface area contributed by atoms with Crippen molar-refractivity contribution in [1.29, 1.82) is 5.26 Å². The number of H-pyrrole nitrogens is 1. The molecule has 146 valence electrons. The van der Waals surface area contributed by atoms with Crippen molar-refractivity contribution in [3.63, 3.8) is 0 Å². The van der Waals surface area contributed by atoms with Gasteiger partial charge in [-0.3, -0.25) is 9.67 Å². The van der Waals surface area contributed by atoms with Crippen molar-refractivity contribution in [1.82, 2.24) is 19.7 Å². The molecule has 0 bridgehead atoms. The van der Waals surface area contributed by atoms with Crippen molar-refractivity contribution in [3.8, 4) is 11.9 Å². The number of hydrogen-bond acceptors (Lipinski definition) is 5. The van der Waals surface area contributed by atoms with Crippen LogP contribution >= 0.6 is 0 Å². The highest BCUT2D eigenvalue weighted by Crippen LogP contribution is 2.36. The third kappa shape index (κ3) is 2.94. The summed E-state index contributed by atoms with van der Waals surface area (Å²) in [5.41, 5.74) is 2.36. The van der Waals surface area contributed by atoms with E-state index in [0.29, 0.717) is 13.2 Å². The molecule has 0 aliphatic carbocycles. The number of pyridine rings is 1. The van der Waals surface area contributed by atoms with Gasteiger partial charge in [0.1, 0.15) is 17.3 Å². The fourth-order valence-corrected chi connectivity index (χ4v) is 3.90. The molecule has 7 heteroatoms. The molecule has 3 aromatic rings. The first kappa shape index (κ1) is 18.5. The molecule has 0 amide bonds. The van der Waals surface area contributed by atoms with Gasteiger partial charge < -0.3 is 9.64 Å². The van der Waals surface area contributed by atoms with E-state index in [1.54, 1.807) is 6.20 Å². The van der Waals surface area contributed by atoms with E-state index in [0.717, 1.165) is 46.9 Å². The van der Waals surface area contributed by atoms with Gasteiger partial charge in [-0.25, -0.2) is 4.98 Å². The highest BCUT2D eigenvalue weighted by molar-refractivity contribution is 5.86. The summed E-state index contributed by atoms with van der Waals surface area (Å²) in [4.78, 5) is 7.33. The highest BCUT2D eigenvalue weighted by atomic mass is 16.5. The van der Waals surface area contributed by atoms with E-state index < -0.39 is 5.41 Å². The normalized spacial score (nSPS) is 17.8. The van der Waals surface area contributed by atoms with Gasteiger partial charge in [-0.2, -0.15) is 10.4 Å². The number of hydrogen-bond donors (Lipinski definition) is 1. The maximum atomic E-state index is 9.85. The number of ether oxygens (including phenoxy) is 1. The molecule has 0 spiro atoms. The number of aryl methyl sites for hydroxylation is 1. The second-order valence-electron chi connectivity index (χ2n) is 7.89. The minimum atomic E-state index is -0.628. The van der Waals surface area contributed by atoms with Crippen LogP contribution < -0.4 is 4.90 Å². The molecule has 0 saturated carbocycles. The van der Waals surface area contributed by atoms with E-state index in [9.17, 15) is 5.26 Å². The molecule has 7 nitrogen and oxygen atoms in total. The Hall–Kier alpha value is -2.85. The Bertz CT molecular complexity index is 1030. The highest BCUT2D eigenvalue weighted by Gasteiger charge is 2.29. The van der Waals surface area contributed by atoms with Crippen LogP contribution in [0.2, 0.25) is 0 Å². The van der Waals surface area contributed by atoms with Gasteiger partial charge in [0.2, 0.25) is 0 Å². The predicted octanol–water partition coefficient (Wildman–Crippen LogP) is 3.34. The summed E-state index contributed by atoms with van der Waals surface area (Å²) >= 11 is 0. The quantitative estimate of drug-likeness (QED) is 0.753. The first-order valence-corrected chi connectivity index (χ1v) is 9.77. The maximum absolute atomic E-state index is 9.85. The van der Waals surface area contributed by atoms with Crippen LogP contribution in [-0.4, -0.2) is 45.5 Å². The van der Waals surface area contributed by atoms with Crippen LogP contribution in [0.1, 0.15) is 39.0 Å². The van der Waals surface area contributed by atoms with Crippen LogP contribution in [0.5, 0.6) is 0 Å². The fourth-order valence-electron chi connectivity index (χ4n) is 3.90. The second kappa shape index (κ2) is 6.95. The predicted molar refractivity (Wildman–Crippen MR) is 109 cm³/mol. The van der Waals surface area contributed by atoms with E-state index in [2.05, 4.69) is 51.7 Å². The molecule has 3 aromatic heterocycles.